The van der Waals surface area contributed by atoms with Crippen LogP contribution in [0.4, 0.5) is 11.4 Å². The van der Waals surface area contributed by atoms with E-state index in [0.717, 1.165) is 0 Å². The molecule has 4 heteroatoms. The Morgan fingerprint density at radius 3 is 1.77 bits per heavy atom. The molecule has 0 saturated heterocycles. The highest BCUT2D eigenvalue weighted by atomic mass is 31.1. The van der Waals surface area contributed by atoms with Crippen molar-refractivity contribution >= 4 is 30.1 Å². The van der Waals surface area contributed by atoms with E-state index in [9.17, 15) is 0 Å². The van der Waals surface area contributed by atoms with Crippen LogP contribution in [0, 0.1) is 6.92 Å². The van der Waals surface area contributed by atoms with Gasteiger partial charge in [-0.2, -0.15) is 0 Å². The van der Waals surface area contributed by atoms with Crippen LogP contribution in [0.25, 0.3) is 0 Å². The van der Waals surface area contributed by atoms with Gasteiger partial charge in [-0.3, -0.25) is 0 Å². The lowest BCUT2D eigenvalue weighted by atomic mass is 9.82. The lowest BCUT2D eigenvalue weighted by Crippen LogP contribution is -2.31. The third kappa shape index (κ3) is 3.62. The minimum absolute atomic E-state index is 0.225. The van der Waals surface area contributed by atoms with Gasteiger partial charge in [0.15, 0.2) is 0 Å². The Bertz CT molecular complexity index is 1000. The predicted octanol–water partition coefficient (Wildman–Crippen LogP) is 5.00. The van der Waals surface area contributed by atoms with Crippen LogP contribution in [0.1, 0.15) is 35.1 Å². The van der Waals surface area contributed by atoms with E-state index in [1.54, 1.807) is 0 Å². The van der Waals surface area contributed by atoms with E-state index >= 15 is 0 Å². The second kappa shape index (κ2) is 8.41. The number of benzene rings is 3. The van der Waals surface area contributed by atoms with Gasteiger partial charge in [-0.25, -0.2) is 0 Å². The molecule has 0 amide bonds. The minimum Gasteiger partial charge on any atom is -0.378 e. The summed E-state index contributed by atoms with van der Waals surface area (Å²) in [7, 11) is 7.54. The second-order valence-electron chi connectivity index (χ2n) is 8.28. The summed E-state index contributed by atoms with van der Waals surface area (Å²) in [5.41, 5.74) is 7.89. The van der Waals surface area contributed by atoms with Crippen molar-refractivity contribution in [1.29, 1.82) is 0 Å². The molecule has 0 spiro atoms. The molecule has 3 nitrogen and oxygen atoms in total. The summed E-state index contributed by atoms with van der Waals surface area (Å²) in [6.07, 6.45) is 0. The van der Waals surface area contributed by atoms with Crippen molar-refractivity contribution < 1.29 is 4.52 Å². The van der Waals surface area contributed by atoms with Crippen LogP contribution in [0.2, 0.25) is 0 Å². The Morgan fingerprint density at radius 2 is 1.30 bits per heavy atom. The molecule has 4 rings (SSSR count). The Morgan fingerprint density at radius 1 is 0.767 bits per heavy atom. The van der Waals surface area contributed by atoms with Gasteiger partial charge in [0.25, 0.3) is 0 Å². The zero-order valence-electron chi connectivity index (χ0n) is 18.8. The Hall–Kier alpha value is -2.35. The molecule has 0 aromatic heterocycles. The average Bonchev–Trinajstić information content (AvgIpc) is 2.74. The summed E-state index contributed by atoms with van der Waals surface area (Å²) in [5.74, 6) is 0.225. The maximum absolute atomic E-state index is 6.45. The van der Waals surface area contributed by atoms with E-state index in [0.29, 0.717) is 6.61 Å². The Labute approximate surface area is 182 Å². The van der Waals surface area contributed by atoms with Crippen molar-refractivity contribution in [2.24, 2.45) is 0 Å². The lowest BCUT2D eigenvalue weighted by Gasteiger charge is -2.36. The van der Waals surface area contributed by atoms with Crippen LogP contribution in [0.5, 0.6) is 0 Å². The highest BCUT2D eigenvalue weighted by molar-refractivity contribution is 7.69. The van der Waals surface area contributed by atoms with E-state index in [1.807, 2.05) is 0 Å². The van der Waals surface area contributed by atoms with Crippen molar-refractivity contribution in [1.82, 2.24) is 0 Å². The van der Waals surface area contributed by atoms with Gasteiger partial charge in [0.05, 0.1) is 8.15 Å². The molecule has 0 unspecified atom stereocenters. The zero-order valence-corrected chi connectivity index (χ0v) is 19.7. The number of rotatable bonds is 5. The molecular formula is C26H31N2OP. The molecule has 3 aromatic carbocycles. The number of hydrogen-bond donors (Lipinski definition) is 0. The first kappa shape index (κ1) is 20.9. The molecule has 0 saturated carbocycles. The van der Waals surface area contributed by atoms with Crippen LogP contribution in [0.3, 0.4) is 0 Å². The van der Waals surface area contributed by atoms with E-state index in [-0.39, 0.29) is 5.92 Å². The molecule has 1 heterocycles. The number of fused-ring (bicyclic) bond motifs is 2. The van der Waals surface area contributed by atoms with Crippen LogP contribution >= 0.6 is 8.15 Å². The van der Waals surface area contributed by atoms with Gasteiger partial charge >= 0.3 is 0 Å². The third-order valence-corrected chi connectivity index (χ3v) is 8.04. The largest absolute Gasteiger partial charge is 0.378 e. The maximum atomic E-state index is 6.45. The maximum Gasteiger partial charge on any atom is 0.0925 e. The molecule has 1 aliphatic rings. The normalized spacial score (nSPS) is 17.3. The lowest BCUT2D eigenvalue weighted by molar-refractivity contribution is 0.387. The smallest absolute Gasteiger partial charge is 0.0925 e. The summed E-state index contributed by atoms with van der Waals surface area (Å²) >= 11 is 0. The summed E-state index contributed by atoms with van der Waals surface area (Å²) < 4.78 is 6.45. The van der Waals surface area contributed by atoms with Crippen LogP contribution < -0.4 is 20.4 Å². The topological polar surface area (TPSA) is 15.7 Å². The fourth-order valence-corrected chi connectivity index (χ4v) is 6.44. The van der Waals surface area contributed by atoms with E-state index in [2.05, 4.69) is 113 Å². The number of hydrogen-bond acceptors (Lipinski definition) is 3. The van der Waals surface area contributed by atoms with Crippen molar-refractivity contribution in [2.75, 3.05) is 44.6 Å². The molecule has 0 bridgehead atoms. The summed E-state index contributed by atoms with van der Waals surface area (Å²) in [5, 5.41) is 2.68. The first-order chi connectivity index (χ1) is 14.4. The van der Waals surface area contributed by atoms with Gasteiger partial charge in [0.1, 0.15) is 0 Å². The molecule has 0 fully saturated rings. The first-order valence-corrected chi connectivity index (χ1v) is 11.8. The van der Waals surface area contributed by atoms with Gasteiger partial charge in [-0.15, -0.1) is 0 Å². The molecule has 156 valence electrons. The molecule has 0 N–H and O–H groups in total. The minimum atomic E-state index is -0.865. The predicted molar refractivity (Wildman–Crippen MR) is 131 cm³/mol. The molecule has 3 aromatic rings. The quantitative estimate of drug-likeness (QED) is 0.542. The van der Waals surface area contributed by atoms with E-state index < -0.39 is 8.15 Å². The van der Waals surface area contributed by atoms with Crippen molar-refractivity contribution in [3.63, 3.8) is 0 Å². The van der Waals surface area contributed by atoms with Crippen molar-refractivity contribution in [3.8, 4) is 0 Å². The van der Waals surface area contributed by atoms with Gasteiger partial charge < -0.3 is 14.3 Å². The van der Waals surface area contributed by atoms with Gasteiger partial charge in [0, 0.05) is 62.7 Å². The number of aryl methyl sites for hydroxylation is 1. The second-order valence-corrected chi connectivity index (χ2v) is 10.1. The van der Waals surface area contributed by atoms with Gasteiger partial charge in [-0.1, -0.05) is 36.4 Å². The number of anilines is 2. The highest BCUT2D eigenvalue weighted by Crippen LogP contribution is 2.49. The van der Waals surface area contributed by atoms with Crippen LogP contribution in [-0.4, -0.2) is 34.8 Å². The van der Waals surface area contributed by atoms with E-state index in [1.165, 1.54) is 44.2 Å². The Kier molecular flexibility index (Phi) is 5.86. The molecule has 0 atom stereocenters. The standard InChI is InChI=1S/C26H31N2OP/c1-7-29-30-24-16-19(27(3)4)12-14-22(24)26(21-11-9-8-10-18(21)2)23-15-13-20(28(5)6)17-25(23)30/h8-17,26H,7H2,1-6H3. The van der Waals surface area contributed by atoms with Gasteiger partial charge in [-0.05, 0) is 60.4 Å². The molecule has 0 aliphatic carbocycles. The van der Waals surface area contributed by atoms with Crippen LogP contribution in [0.15, 0.2) is 60.7 Å². The third-order valence-electron chi connectivity index (χ3n) is 5.88. The summed E-state index contributed by atoms with van der Waals surface area (Å²) in [6.45, 7) is 5.02. The average molecular weight is 419 g/mol. The van der Waals surface area contributed by atoms with E-state index in [4.69, 9.17) is 4.52 Å². The summed E-state index contributed by atoms with van der Waals surface area (Å²) in [6, 6.07) is 22.6. The molecule has 0 radical (unpaired) electrons. The zero-order chi connectivity index (χ0) is 21.4. The van der Waals surface area contributed by atoms with Crippen molar-refractivity contribution in [2.45, 2.75) is 19.8 Å². The Balaban J connectivity index is 2.01. The van der Waals surface area contributed by atoms with Crippen LogP contribution in [-0.2, 0) is 4.52 Å². The molecular weight excluding hydrogens is 387 g/mol. The molecule has 30 heavy (non-hydrogen) atoms. The van der Waals surface area contributed by atoms with Crippen molar-refractivity contribution in [3.05, 3.63) is 82.9 Å². The molecule has 1 aliphatic heterocycles. The SMILES string of the molecule is CCOP1c2cc(N(C)C)ccc2C(c2ccccc2C)c2ccc(N(C)C)cc21. The monoisotopic (exact) mass is 418 g/mol. The fraction of sp³-hybridized carbons (Fsp3) is 0.308. The van der Waals surface area contributed by atoms with Gasteiger partial charge in [0.2, 0.25) is 0 Å². The first-order valence-electron chi connectivity index (χ1n) is 10.5. The fourth-order valence-electron chi connectivity index (χ4n) is 4.27. The number of nitrogens with zero attached hydrogens (tertiary/aromatic N) is 2. The summed E-state index contributed by atoms with van der Waals surface area (Å²) in [4.78, 5) is 4.35. The highest BCUT2D eigenvalue weighted by Gasteiger charge is 2.35.